The second-order valence-electron chi connectivity index (χ2n) is 7.36. The van der Waals surface area contributed by atoms with E-state index in [0.717, 1.165) is 42.1 Å². The Balaban J connectivity index is 1.40. The molecule has 156 valence electrons. The van der Waals surface area contributed by atoms with Crippen LogP contribution in [0.2, 0.25) is 0 Å². The lowest BCUT2D eigenvalue weighted by molar-refractivity contribution is 0.0683. The molecular weight excluding hydrogens is 380 g/mol. The van der Waals surface area contributed by atoms with Gasteiger partial charge in [0.2, 0.25) is 0 Å². The second-order valence-corrected chi connectivity index (χ2v) is 7.36. The van der Waals surface area contributed by atoms with Gasteiger partial charge in [0.1, 0.15) is 17.3 Å². The normalized spacial score (nSPS) is 16.2. The summed E-state index contributed by atoms with van der Waals surface area (Å²) in [4.78, 5) is 14.9. The monoisotopic (exact) mass is 406 g/mol. The molecule has 0 spiro atoms. The number of ether oxygens (including phenoxy) is 2. The first kappa shape index (κ1) is 19.9. The van der Waals surface area contributed by atoms with Gasteiger partial charge in [0, 0.05) is 30.4 Å². The first-order valence-corrected chi connectivity index (χ1v) is 10.1. The maximum absolute atomic E-state index is 13.0. The van der Waals surface area contributed by atoms with Gasteiger partial charge < -0.3 is 24.1 Å². The lowest BCUT2D eigenvalue weighted by Crippen LogP contribution is -2.45. The van der Waals surface area contributed by atoms with E-state index in [4.69, 9.17) is 13.9 Å². The molecule has 1 aromatic heterocycles. The molecule has 0 aliphatic carbocycles. The Kier molecular flexibility index (Phi) is 5.93. The number of nitrogens with one attached hydrogen (secondary N) is 1. The van der Waals surface area contributed by atoms with Crippen molar-refractivity contribution >= 4 is 11.6 Å². The van der Waals surface area contributed by atoms with Crippen molar-refractivity contribution in [2.24, 2.45) is 0 Å². The maximum atomic E-state index is 13.0. The van der Waals surface area contributed by atoms with Gasteiger partial charge in [-0.15, -0.1) is 0 Å². The molecule has 1 unspecified atom stereocenters. The lowest BCUT2D eigenvalue weighted by Gasteiger charge is -2.33. The third-order valence-electron chi connectivity index (χ3n) is 5.36. The van der Waals surface area contributed by atoms with Crippen molar-refractivity contribution in [2.45, 2.75) is 18.9 Å². The van der Waals surface area contributed by atoms with Gasteiger partial charge in [0.15, 0.2) is 5.76 Å². The minimum atomic E-state index is -0.0732. The summed E-state index contributed by atoms with van der Waals surface area (Å²) in [7, 11) is 3.29. The van der Waals surface area contributed by atoms with Crippen molar-refractivity contribution in [2.75, 3.05) is 32.6 Å². The summed E-state index contributed by atoms with van der Waals surface area (Å²) >= 11 is 0. The number of carbonyl (C=O) groups excluding carboxylic acids is 1. The van der Waals surface area contributed by atoms with Crippen molar-refractivity contribution in [1.29, 1.82) is 0 Å². The number of carbonyl (C=O) groups is 1. The summed E-state index contributed by atoms with van der Waals surface area (Å²) in [5.41, 5.74) is 1.93. The Hall–Kier alpha value is -3.41. The predicted octanol–water partition coefficient (Wildman–Crippen LogP) is 4.68. The molecule has 0 radical (unpaired) electrons. The SMILES string of the molecule is COc1ccc(NC2CCCN(C(=O)c3ccc(-c4ccc(OC)cc4)o3)C2)cc1. The van der Waals surface area contributed by atoms with E-state index in [-0.39, 0.29) is 11.9 Å². The van der Waals surface area contributed by atoms with Gasteiger partial charge in [-0.1, -0.05) is 0 Å². The number of amides is 1. The molecule has 2 aromatic carbocycles. The molecular formula is C24H26N2O4. The number of anilines is 1. The van der Waals surface area contributed by atoms with Crippen LogP contribution in [0.3, 0.4) is 0 Å². The number of nitrogens with zero attached hydrogens (tertiary/aromatic N) is 1. The number of furan rings is 1. The third-order valence-corrected chi connectivity index (χ3v) is 5.36. The summed E-state index contributed by atoms with van der Waals surface area (Å²) < 4.78 is 16.3. The third kappa shape index (κ3) is 4.43. The van der Waals surface area contributed by atoms with Crippen LogP contribution in [-0.4, -0.2) is 44.2 Å². The number of hydrogen-bond donors (Lipinski definition) is 1. The standard InChI is InChI=1S/C24H26N2O4/c1-28-20-9-5-17(6-10-20)22-13-14-23(30-22)24(27)26-15-3-4-19(16-26)25-18-7-11-21(29-2)12-8-18/h5-14,19,25H,3-4,15-16H2,1-2H3. The number of methoxy groups -OCH3 is 2. The summed E-state index contributed by atoms with van der Waals surface area (Å²) in [5.74, 6) is 2.57. The van der Waals surface area contributed by atoms with Crippen molar-refractivity contribution in [3.8, 4) is 22.8 Å². The number of benzene rings is 2. The number of rotatable bonds is 6. The van der Waals surface area contributed by atoms with Crippen LogP contribution >= 0.6 is 0 Å². The molecule has 4 rings (SSSR count). The van der Waals surface area contributed by atoms with E-state index >= 15 is 0 Å². The highest BCUT2D eigenvalue weighted by molar-refractivity contribution is 5.92. The van der Waals surface area contributed by atoms with Crippen LogP contribution in [0.4, 0.5) is 5.69 Å². The van der Waals surface area contributed by atoms with Gasteiger partial charge in [0.25, 0.3) is 5.91 Å². The molecule has 30 heavy (non-hydrogen) atoms. The van der Waals surface area contributed by atoms with Gasteiger partial charge in [-0.05, 0) is 73.5 Å². The van der Waals surface area contributed by atoms with Crippen molar-refractivity contribution < 1.29 is 18.7 Å². The minimum absolute atomic E-state index is 0.0732. The zero-order chi connectivity index (χ0) is 20.9. The average molecular weight is 406 g/mol. The van der Waals surface area contributed by atoms with Crippen LogP contribution < -0.4 is 14.8 Å². The molecule has 1 aliphatic heterocycles. The van der Waals surface area contributed by atoms with Gasteiger partial charge >= 0.3 is 0 Å². The van der Waals surface area contributed by atoms with Gasteiger partial charge in [0.05, 0.1) is 14.2 Å². The first-order chi connectivity index (χ1) is 14.7. The number of likely N-dealkylation sites (tertiary alicyclic amines) is 1. The highest BCUT2D eigenvalue weighted by atomic mass is 16.5. The smallest absolute Gasteiger partial charge is 0.289 e. The Bertz CT molecular complexity index is 979. The Labute approximate surface area is 176 Å². The zero-order valence-corrected chi connectivity index (χ0v) is 17.3. The van der Waals surface area contributed by atoms with E-state index in [2.05, 4.69) is 5.32 Å². The molecule has 2 heterocycles. The van der Waals surface area contributed by atoms with Gasteiger partial charge in [-0.3, -0.25) is 4.79 Å². The summed E-state index contributed by atoms with van der Waals surface area (Å²) in [6.45, 7) is 1.38. The topological polar surface area (TPSA) is 63.9 Å². The van der Waals surface area contributed by atoms with E-state index in [1.807, 2.05) is 59.5 Å². The van der Waals surface area contributed by atoms with Gasteiger partial charge in [-0.2, -0.15) is 0 Å². The zero-order valence-electron chi connectivity index (χ0n) is 17.3. The molecule has 0 bridgehead atoms. The Morgan fingerprint density at radius 1 is 0.967 bits per heavy atom. The molecule has 3 aromatic rings. The summed E-state index contributed by atoms with van der Waals surface area (Å²) in [6, 6.07) is 19.2. The molecule has 0 saturated carbocycles. The average Bonchev–Trinajstić information content (AvgIpc) is 3.29. The predicted molar refractivity (Wildman–Crippen MR) is 116 cm³/mol. The van der Waals surface area contributed by atoms with Crippen LogP contribution in [0.15, 0.2) is 65.1 Å². The van der Waals surface area contributed by atoms with Crippen molar-refractivity contribution in [3.05, 3.63) is 66.4 Å². The van der Waals surface area contributed by atoms with Gasteiger partial charge in [-0.25, -0.2) is 0 Å². The highest BCUT2D eigenvalue weighted by Crippen LogP contribution is 2.26. The van der Waals surface area contributed by atoms with Crippen LogP contribution in [-0.2, 0) is 0 Å². The molecule has 1 fully saturated rings. The lowest BCUT2D eigenvalue weighted by atomic mass is 10.0. The fourth-order valence-corrected chi connectivity index (χ4v) is 3.72. The first-order valence-electron chi connectivity index (χ1n) is 10.1. The summed E-state index contributed by atoms with van der Waals surface area (Å²) in [6.07, 6.45) is 1.97. The van der Waals surface area contributed by atoms with Crippen LogP contribution in [0, 0.1) is 0 Å². The summed E-state index contributed by atoms with van der Waals surface area (Å²) in [5, 5.41) is 3.52. The maximum Gasteiger partial charge on any atom is 0.289 e. The van der Waals surface area contributed by atoms with Crippen LogP contribution in [0.1, 0.15) is 23.4 Å². The quantitative estimate of drug-likeness (QED) is 0.644. The van der Waals surface area contributed by atoms with Crippen LogP contribution in [0.25, 0.3) is 11.3 Å². The highest BCUT2D eigenvalue weighted by Gasteiger charge is 2.26. The van der Waals surface area contributed by atoms with Crippen molar-refractivity contribution in [3.63, 3.8) is 0 Å². The minimum Gasteiger partial charge on any atom is -0.497 e. The van der Waals surface area contributed by atoms with E-state index in [9.17, 15) is 4.79 Å². The number of hydrogen-bond acceptors (Lipinski definition) is 5. The van der Waals surface area contributed by atoms with E-state index in [0.29, 0.717) is 18.1 Å². The molecule has 1 aliphatic rings. The fourth-order valence-electron chi connectivity index (χ4n) is 3.72. The van der Waals surface area contributed by atoms with E-state index in [1.54, 1.807) is 20.3 Å². The largest absolute Gasteiger partial charge is 0.497 e. The van der Waals surface area contributed by atoms with Crippen molar-refractivity contribution in [1.82, 2.24) is 4.90 Å². The molecule has 1 N–H and O–H groups in total. The van der Waals surface area contributed by atoms with E-state index < -0.39 is 0 Å². The Morgan fingerprint density at radius 3 is 2.30 bits per heavy atom. The molecule has 1 amide bonds. The van der Waals surface area contributed by atoms with E-state index in [1.165, 1.54) is 0 Å². The molecule has 6 heteroatoms. The second kappa shape index (κ2) is 8.95. The molecule has 1 atom stereocenters. The Morgan fingerprint density at radius 2 is 1.63 bits per heavy atom. The molecule has 1 saturated heterocycles. The number of piperidine rings is 1. The fraction of sp³-hybridized carbons (Fsp3) is 0.292. The van der Waals surface area contributed by atoms with Crippen LogP contribution in [0.5, 0.6) is 11.5 Å². The molecule has 6 nitrogen and oxygen atoms in total.